The normalized spacial score (nSPS) is 18.0. The first-order valence-corrected chi connectivity index (χ1v) is 6.06. The van der Waals surface area contributed by atoms with Crippen LogP contribution in [0.25, 0.3) is 0 Å². The van der Waals surface area contributed by atoms with Crippen LogP contribution in [0.4, 0.5) is 13.2 Å². The third kappa shape index (κ3) is 3.03. The molecule has 0 unspecified atom stereocenters. The molecule has 0 atom stereocenters. The van der Waals surface area contributed by atoms with Gasteiger partial charge in [0.25, 0.3) is 5.92 Å². The molecule has 0 amide bonds. The summed E-state index contributed by atoms with van der Waals surface area (Å²) in [5, 5.41) is 3.12. The molecular weight excluding hydrogens is 241 g/mol. The standard InChI is InChI=1S/C13H17F3N2/c1-10-8-11(2-3-12(10)14)13(15,16)9-18-6-4-17-5-7-18/h2-3,8,17H,4-7,9H2,1H3. The Morgan fingerprint density at radius 3 is 2.56 bits per heavy atom. The van der Waals surface area contributed by atoms with Crippen molar-refractivity contribution in [1.29, 1.82) is 0 Å². The van der Waals surface area contributed by atoms with Gasteiger partial charge >= 0.3 is 0 Å². The maximum absolute atomic E-state index is 14.1. The van der Waals surface area contributed by atoms with Crippen molar-refractivity contribution in [3.63, 3.8) is 0 Å². The quantitative estimate of drug-likeness (QED) is 0.893. The molecule has 0 radical (unpaired) electrons. The first-order chi connectivity index (χ1) is 8.49. The van der Waals surface area contributed by atoms with Crippen molar-refractivity contribution in [2.45, 2.75) is 12.8 Å². The SMILES string of the molecule is Cc1cc(C(F)(F)CN2CCNCC2)ccc1F. The zero-order valence-electron chi connectivity index (χ0n) is 10.3. The molecule has 1 saturated heterocycles. The number of alkyl halides is 2. The van der Waals surface area contributed by atoms with Crippen LogP contribution in [-0.2, 0) is 5.92 Å². The highest BCUT2D eigenvalue weighted by atomic mass is 19.3. The average Bonchev–Trinajstić information content (AvgIpc) is 2.33. The molecule has 100 valence electrons. The van der Waals surface area contributed by atoms with E-state index in [0.29, 0.717) is 13.1 Å². The fourth-order valence-electron chi connectivity index (χ4n) is 2.11. The summed E-state index contributed by atoms with van der Waals surface area (Å²) in [5.41, 5.74) is 0.146. The molecule has 1 heterocycles. The molecule has 18 heavy (non-hydrogen) atoms. The minimum atomic E-state index is -2.93. The Morgan fingerprint density at radius 1 is 1.28 bits per heavy atom. The van der Waals surface area contributed by atoms with Gasteiger partial charge in [-0.25, -0.2) is 4.39 Å². The summed E-state index contributed by atoms with van der Waals surface area (Å²) in [6.45, 7) is 3.90. The molecule has 1 aromatic rings. The molecule has 1 aromatic carbocycles. The molecule has 1 aliphatic rings. The third-order valence-electron chi connectivity index (χ3n) is 3.21. The van der Waals surface area contributed by atoms with Gasteiger partial charge in [0.1, 0.15) is 5.82 Å². The van der Waals surface area contributed by atoms with Gasteiger partial charge in [0, 0.05) is 31.7 Å². The zero-order chi connectivity index (χ0) is 13.2. The van der Waals surface area contributed by atoms with Crippen LogP contribution in [0.2, 0.25) is 0 Å². The van der Waals surface area contributed by atoms with E-state index in [-0.39, 0.29) is 17.7 Å². The van der Waals surface area contributed by atoms with Crippen LogP contribution in [0.15, 0.2) is 18.2 Å². The molecule has 1 aliphatic heterocycles. The summed E-state index contributed by atoms with van der Waals surface area (Å²) in [6, 6.07) is 3.51. The lowest BCUT2D eigenvalue weighted by atomic mass is 10.0. The summed E-state index contributed by atoms with van der Waals surface area (Å²) in [5.74, 6) is -3.38. The van der Waals surface area contributed by atoms with Gasteiger partial charge in [-0.15, -0.1) is 0 Å². The number of nitrogens with zero attached hydrogens (tertiary/aromatic N) is 1. The zero-order valence-corrected chi connectivity index (χ0v) is 10.3. The van der Waals surface area contributed by atoms with Crippen LogP contribution in [-0.4, -0.2) is 37.6 Å². The van der Waals surface area contributed by atoms with Crippen LogP contribution in [0, 0.1) is 12.7 Å². The van der Waals surface area contributed by atoms with Crippen molar-refractivity contribution in [3.8, 4) is 0 Å². The van der Waals surface area contributed by atoms with E-state index in [1.54, 1.807) is 4.90 Å². The van der Waals surface area contributed by atoms with Gasteiger partial charge < -0.3 is 5.32 Å². The maximum Gasteiger partial charge on any atom is 0.285 e. The Balaban J connectivity index is 2.10. The molecule has 5 heteroatoms. The topological polar surface area (TPSA) is 15.3 Å². The Labute approximate surface area is 105 Å². The predicted molar refractivity (Wildman–Crippen MR) is 64.3 cm³/mol. The number of hydrogen-bond donors (Lipinski definition) is 1. The Kier molecular flexibility index (Phi) is 3.92. The monoisotopic (exact) mass is 258 g/mol. The molecule has 2 rings (SSSR count). The number of hydrogen-bond acceptors (Lipinski definition) is 2. The van der Waals surface area contributed by atoms with E-state index < -0.39 is 11.7 Å². The summed E-state index contributed by atoms with van der Waals surface area (Å²) >= 11 is 0. The highest BCUT2D eigenvalue weighted by molar-refractivity contribution is 5.27. The van der Waals surface area contributed by atoms with Crippen molar-refractivity contribution in [3.05, 3.63) is 35.1 Å². The first-order valence-electron chi connectivity index (χ1n) is 6.06. The van der Waals surface area contributed by atoms with Gasteiger partial charge in [-0.2, -0.15) is 8.78 Å². The minimum Gasteiger partial charge on any atom is -0.314 e. The maximum atomic E-state index is 14.1. The number of benzene rings is 1. The molecule has 0 aromatic heterocycles. The van der Waals surface area contributed by atoms with Crippen molar-refractivity contribution >= 4 is 0 Å². The summed E-state index contributed by atoms with van der Waals surface area (Å²) in [4.78, 5) is 1.73. The second kappa shape index (κ2) is 5.28. The van der Waals surface area contributed by atoms with E-state index in [1.165, 1.54) is 19.1 Å². The fourth-order valence-corrected chi connectivity index (χ4v) is 2.11. The lowest BCUT2D eigenvalue weighted by Crippen LogP contribution is -2.47. The molecule has 2 nitrogen and oxygen atoms in total. The van der Waals surface area contributed by atoms with E-state index in [9.17, 15) is 13.2 Å². The molecule has 0 spiro atoms. The molecule has 0 bridgehead atoms. The van der Waals surface area contributed by atoms with E-state index >= 15 is 0 Å². The van der Waals surface area contributed by atoms with Crippen LogP contribution >= 0.6 is 0 Å². The van der Waals surface area contributed by atoms with E-state index in [2.05, 4.69) is 5.32 Å². The third-order valence-corrected chi connectivity index (χ3v) is 3.21. The Bertz CT molecular complexity index is 415. The second-order valence-corrected chi connectivity index (χ2v) is 4.69. The molecular formula is C13H17F3N2. The number of rotatable bonds is 3. The predicted octanol–water partition coefficient (Wildman–Crippen LogP) is 2.13. The number of halogens is 3. The fraction of sp³-hybridized carbons (Fsp3) is 0.538. The Hall–Kier alpha value is -1.07. The lowest BCUT2D eigenvalue weighted by Gasteiger charge is -2.30. The van der Waals surface area contributed by atoms with Gasteiger partial charge in [-0.05, 0) is 24.6 Å². The highest BCUT2D eigenvalue weighted by Gasteiger charge is 2.34. The number of aryl methyl sites for hydroxylation is 1. The van der Waals surface area contributed by atoms with E-state index in [0.717, 1.165) is 19.2 Å². The first kappa shape index (κ1) is 13.4. The van der Waals surface area contributed by atoms with E-state index in [1.807, 2.05) is 0 Å². The van der Waals surface area contributed by atoms with Crippen LogP contribution in [0.3, 0.4) is 0 Å². The van der Waals surface area contributed by atoms with E-state index in [4.69, 9.17) is 0 Å². The van der Waals surface area contributed by atoms with Crippen molar-refractivity contribution in [2.75, 3.05) is 32.7 Å². The summed E-state index contributed by atoms with van der Waals surface area (Å²) in [7, 11) is 0. The van der Waals surface area contributed by atoms with Gasteiger partial charge in [-0.3, -0.25) is 4.90 Å². The molecule has 1 fully saturated rings. The summed E-state index contributed by atoms with van der Waals surface area (Å²) < 4.78 is 41.2. The molecule has 0 aliphatic carbocycles. The van der Waals surface area contributed by atoms with Gasteiger partial charge in [0.05, 0.1) is 6.54 Å². The van der Waals surface area contributed by atoms with Crippen molar-refractivity contribution < 1.29 is 13.2 Å². The largest absolute Gasteiger partial charge is 0.314 e. The lowest BCUT2D eigenvalue weighted by molar-refractivity contribution is -0.0401. The summed E-state index contributed by atoms with van der Waals surface area (Å²) in [6.07, 6.45) is 0. The van der Waals surface area contributed by atoms with Crippen molar-refractivity contribution in [2.24, 2.45) is 0 Å². The minimum absolute atomic E-state index is 0.111. The van der Waals surface area contributed by atoms with Gasteiger partial charge in [-0.1, -0.05) is 6.07 Å². The van der Waals surface area contributed by atoms with Crippen LogP contribution < -0.4 is 5.32 Å². The number of nitrogens with one attached hydrogen (secondary N) is 1. The second-order valence-electron chi connectivity index (χ2n) is 4.69. The smallest absolute Gasteiger partial charge is 0.285 e. The molecule has 1 N–H and O–H groups in total. The highest BCUT2D eigenvalue weighted by Crippen LogP contribution is 2.30. The van der Waals surface area contributed by atoms with Gasteiger partial charge in [0.15, 0.2) is 0 Å². The Morgan fingerprint density at radius 2 is 1.94 bits per heavy atom. The number of piperazine rings is 1. The van der Waals surface area contributed by atoms with Gasteiger partial charge in [0.2, 0.25) is 0 Å². The van der Waals surface area contributed by atoms with Crippen LogP contribution in [0.5, 0.6) is 0 Å². The van der Waals surface area contributed by atoms with Crippen LogP contribution in [0.1, 0.15) is 11.1 Å². The van der Waals surface area contributed by atoms with Crippen molar-refractivity contribution in [1.82, 2.24) is 10.2 Å². The average molecular weight is 258 g/mol. The molecule has 0 saturated carbocycles.